The molecule has 0 unspecified atom stereocenters. The summed E-state index contributed by atoms with van der Waals surface area (Å²) >= 11 is 0. The molecule has 2 heterocycles. The van der Waals surface area contributed by atoms with E-state index in [4.69, 9.17) is 9.15 Å². The van der Waals surface area contributed by atoms with E-state index >= 15 is 0 Å². The Balaban J connectivity index is 1.60. The zero-order valence-corrected chi connectivity index (χ0v) is 15.2. The SMILES string of the molecule is Cc1nc(-c2ccccc2)ccc1C(=O)OCC(=O)N(C)Cc1ccco1. The van der Waals surface area contributed by atoms with E-state index in [1.165, 1.54) is 4.90 Å². The molecule has 0 N–H and O–H groups in total. The first-order valence-corrected chi connectivity index (χ1v) is 8.51. The van der Waals surface area contributed by atoms with Gasteiger partial charge in [0.1, 0.15) is 5.76 Å². The molecule has 0 atom stereocenters. The van der Waals surface area contributed by atoms with Crippen molar-refractivity contribution in [1.29, 1.82) is 0 Å². The standard InChI is InChI=1S/C21H20N2O4/c1-15-18(10-11-19(22-15)16-7-4-3-5-8-16)21(25)27-14-20(24)23(2)13-17-9-6-12-26-17/h3-12H,13-14H2,1-2H3. The van der Waals surface area contributed by atoms with Crippen LogP contribution in [-0.4, -0.2) is 35.4 Å². The second kappa shape index (κ2) is 8.31. The van der Waals surface area contributed by atoms with Crippen LogP contribution in [0.5, 0.6) is 0 Å². The Labute approximate surface area is 157 Å². The fourth-order valence-electron chi connectivity index (χ4n) is 2.59. The summed E-state index contributed by atoms with van der Waals surface area (Å²) in [5, 5.41) is 0. The molecule has 0 aliphatic heterocycles. The highest BCUT2D eigenvalue weighted by Gasteiger charge is 2.17. The van der Waals surface area contributed by atoms with E-state index < -0.39 is 5.97 Å². The summed E-state index contributed by atoms with van der Waals surface area (Å²) in [7, 11) is 1.63. The molecule has 27 heavy (non-hydrogen) atoms. The van der Waals surface area contributed by atoms with Gasteiger partial charge in [-0.25, -0.2) is 4.79 Å². The Morgan fingerprint density at radius 2 is 1.85 bits per heavy atom. The van der Waals surface area contributed by atoms with E-state index in [9.17, 15) is 9.59 Å². The van der Waals surface area contributed by atoms with E-state index in [0.717, 1.165) is 11.3 Å². The number of carbonyl (C=O) groups is 2. The van der Waals surface area contributed by atoms with E-state index in [2.05, 4.69) is 4.98 Å². The van der Waals surface area contributed by atoms with Crippen molar-refractivity contribution in [1.82, 2.24) is 9.88 Å². The maximum atomic E-state index is 12.3. The first-order chi connectivity index (χ1) is 13.0. The molecule has 0 spiro atoms. The Morgan fingerprint density at radius 3 is 2.52 bits per heavy atom. The largest absolute Gasteiger partial charge is 0.467 e. The maximum absolute atomic E-state index is 12.3. The van der Waals surface area contributed by atoms with Crippen molar-refractivity contribution in [3.8, 4) is 11.3 Å². The third kappa shape index (κ3) is 4.61. The van der Waals surface area contributed by atoms with E-state index in [1.807, 2.05) is 30.3 Å². The number of hydrogen-bond donors (Lipinski definition) is 0. The summed E-state index contributed by atoms with van der Waals surface area (Å²) in [5.41, 5.74) is 2.64. The molecular formula is C21H20N2O4. The van der Waals surface area contributed by atoms with Crippen LogP contribution in [0.2, 0.25) is 0 Å². The smallest absolute Gasteiger partial charge is 0.340 e. The van der Waals surface area contributed by atoms with Crippen molar-refractivity contribution in [2.75, 3.05) is 13.7 Å². The molecule has 0 saturated heterocycles. The van der Waals surface area contributed by atoms with Gasteiger partial charge in [-0.05, 0) is 31.2 Å². The maximum Gasteiger partial charge on any atom is 0.340 e. The van der Waals surface area contributed by atoms with Crippen LogP contribution in [0.1, 0.15) is 21.8 Å². The monoisotopic (exact) mass is 364 g/mol. The molecule has 0 aliphatic rings. The van der Waals surface area contributed by atoms with Crippen molar-refractivity contribution in [3.63, 3.8) is 0 Å². The van der Waals surface area contributed by atoms with Gasteiger partial charge in [0.05, 0.1) is 29.8 Å². The lowest BCUT2D eigenvalue weighted by Gasteiger charge is -2.16. The normalized spacial score (nSPS) is 10.4. The van der Waals surface area contributed by atoms with E-state index in [-0.39, 0.29) is 12.5 Å². The number of aromatic nitrogens is 1. The second-order valence-corrected chi connectivity index (χ2v) is 6.10. The van der Waals surface area contributed by atoms with Crippen LogP contribution in [-0.2, 0) is 16.1 Å². The molecule has 6 heteroatoms. The number of aryl methyl sites for hydroxylation is 1. The average Bonchev–Trinajstić information content (AvgIpc) is 3.19. The number of carbonyl (C=O) groups excluding carboxylic acids is 2. The highest BCUT2D eigenvalue weighted by atomic mass is 16.5. The van der Waals surface area contributed by atoms with Crippen LogP contribution in [0.3, 0.4) is 0 Å². The van der Waals surface area contributed by atoms with Gasteiger partial charge in [-0.2, -0.15) is 0 Å². The molecule has 3 aromatic rings. The molecule has 0 bridgehead atoms. The van der Waals surface area contributed by atoms with Crippen LogP contribution in [0, 0.1) is 6.92 Å². The lowest BCUT2D eigenvalue weighted by Crippen LogP contribution is -2.30. The number of benzene rings is 1. The minimum Gasteiger partial charge on any atom is -0.467 e. The highest BCUT2D eigenvalue weighted by Crippen LogP contribution is 2.19. The van der Waals surface area contributed by atoms with Crippen molar-refractivity contribution < 1.29 is 18.7 Å². The summed E-state index contributed by atoms with van der Waals surface area (Å²) < 4.78 is 10.4. The molecule has 3 rings (SSSR count). The van der Waals surface area contributed by atoms with Crippen LogP contribution in [0.25, 0.3) is 11.3 Å². The summed E-state index contributed by atoms with van der Waals surface area (Å²) in [6, 6.07) is 16.7. The Kier molecular flexibility index (Phi) is 5.66. The van der Waals surface area contributed by atoms with Gasteiger partial charge in [0, 0.05) is 12.6 Å². The van der Waals surface area contributed by atoms with Crippen molar-refractivity contribution >= 4 is 11.9 Å². The third-order valence-corrected chi connectivity index (χ3v) is 4.10. The molecule has 6 nitrogen and oxygen atoms in total. The number of ether oxygens (including phenoxy) is 1. The third-order valence-electron chi connectivity index (χ3n) is 4.10. The summed E-state index contributed by atoms with van der Waals surface area (Å²) in [5.74, 6) is -0.223. The van der Waals surface area contributed by atoms with Crippen molar-refractivity contribution in [2.45, 2.75) is 13.5 Å². The van der Waals surface area contributed by atoms with Gasteiger partial charge >= 0.3 is 5.97 Å². The number of rotatable bonds is 6. The second-order valence-electron chi connectivity index (χ2n) is 6.10. The van der Waals surface area contributed by atoms with Gasteiger partial charge in [0.15, 0.2) is 6.61 Å². The quantitative estimate of drug-likeness (QED) is 0.626. The van der Waals surface area contributed by atoms with Crippen LogP contribution in [0.15, 0.2) is 65.3 Å². The molecule has 0 fully saturated rings. The van der Waals surface area contributed by atoms with Crippen LogP contribution >= 0.6 is 0 Å². The number of likely N-dealkylation sites (N-methyl/N-ethyl adjacent to an activating group) is 1. The predicted molar refractivity (Wildman–Crippen MR) is 99.9 cm³/mol. The van der Waals surface area contributed by atoms with Crippen LogP contribution in [0.4, 0.5) is 0 Å². The van der Waals surface area contributed by atoms with Crippen LogP contribution < -0.4 is 0 Å². The summed E-state index contributed by atoms with van der Waals surface area (Å²) in [6.07, 6.45) is 1.54. The van der Waals surface area contributed by atoms with Gasteiger partial charge in [-0.15, -0.1) is 0 Å². The van der Waals surface area contributed by atoms with Gasteiger partial charge in [0.25, 0.3) is 5.91 Å². The topological polar surface area (TPSA) is 72.6 Å². The molecule has 0 saturated carbocycles. The Bertz CT molecular complexity index is 921. The highest BCUT2D eigenvalue weighted by molar-refractivity contribution is 5.92. The van der Waals surface area contributed by atoms with Crippen molar-refractivity contribution in [2.24, 2.45) is 0 Å². The fourth-order valence-corrected chi connectivity index (χ4v) is 2.59. The number of esters is 1. The first-order valence-electron chi connectivity index (χ1n) is 8.51. The first kappa shape index (κ1) is 18.4. The summed E-state index contributed by atoms with van der Waals surface area (Å²) in [6.45, 7) is 1.72. The predicted octanol–water partition coefficient (Wildman–Crippen LogP) is 3.47. The zero-order valence-electron chi connectivity index (χ0n) is 15.2. The Morgan fingerprint density at radius 1 is 1.07 bits per heavy atom. The van der Waals surface area contributed by atoms with Crippen molar-refractivity contribution in [3.05, 3.63) is 77.9 Å². The molecule has 2 aromatic heterocycles. The van der Waals surface area contributed by atoms with Gasteiger partial charge < -0.3 is 14.1 Å². The number of furan rings is 1. The van der Waals surface area contributed by atoms with Gasteiger partial charge in [-0.1, -0.05) is 30.3 Å². The lowest BCUT2D eigenvalue weighted by molar-refractivity contribution is -0.133. The van der Waals surface area contributed by atoms with E-state index in [0.29, 0.717) is 23.6 Å². The van der Waals surface area contributed by atoms with Gasteiger partial charge in [0.2, 0.25) is 0 Å². The zero-order chi connectivity index (χ0) is 19.2. The number of hydrogen-bond acceptors (Lipinski definition) is 5. The van der Waals surface area contributed by atoms with Gasteiger partial charge in [-0.3, -0.25) is 9.78 Å². The number of nitrogens with zero attached hydrogens (tertiary/aromatic N) is 2. The molecule has 1 amide bonds. The minimum atomic E-state index is -0.570. The molecule has 1 aromatic carbocycles. The molecule has 0 aliphatic carbocycles. The Hall–Kier alpha value is -3.41. The molecular weight excluding hydrogens is 344 g/mol. The fraction of sp³-hybridized carbons (Fsp3) is 0.190. The minimum absolute atomic E-state index is 0.314. The van der Waals surface area contributed by atoms with E-state index in [1.54, 1.807) is 44.5 Å². The molecule has 138 valence electrons. The summed E-state index contributed by atoms with van der Waals surface area (Å²) in [4.78, 5) is 30.3. The average molecular weight is 364 g/mol. The number of amides is 1. The number of pyridine rings is 1. The molecule has 0 radical (unpaired) electrons. The lowest BCUT2D eigenvalue weighted by atomic mass is 10.1.